The second-order valence-electron chi connectivity index (χ2n) is 7.98. The molecule has 35 heavy (non-hydrogen) atoms. The Balaban J connectivity index is 2.38. The number of ether oxygens (including phenoxy) is 4. The number of allylic oxidation sites excluding steroid dienone is 2. The molecule has 1 N–H and O–H groups in total. The number of carbonyl (C=O) groups excluding carboxylic acids is 2. The second kappa shape index (κ2) is 14.2. The molecule has 192 valence electrons. The minimum absolute atomic E-state index is 0.0362. The third kappa shape index (κ3) is 7.90. The molecule has 1 aliphatic heterocycles. The quantitative estimate of drug-likeness (QED) is 0.179. The van der Waals surface area contributed by atoms with Crippen molar-refractivity contribution in [3.05, 3.63) is 62.5 Å². The summed E-state index contributed by atoms with van der Waals surface area (Å²) >= 11 is 0. The van der Waals surface area contributed by atoms with Gasteiger partial charge in [-0.15, -0.1) is 0 Å². The van der Waals surface area contributed by atoms with Crippen LogP contribution in [-0.4, -0.2) is 56.5 Å². The maximum absolute atomic E-state index is 13.1. The van der Waals surface area contributed by atoms with Gasteiger partial charge in [-0.1, -0.05) is 26.0 Å². The molecule has 0 spiro atoms. The SMILES string of the molecule is CCCOCCOC(=O)C1=C(C)NC(C)=C(C(=O)OCCOCCC)C1c1cccc([N+](=O)[O-])c1. The van der Waals surface area contributed by atoms with E-state index in [1.54, 1.807) is 19.9 Å². The van der Waals surface area contributed by atoms with Gasteiger partial charge in [-0.05, 0) is 32.3 Å². The van der Waals surface area contributed by atoms with E-state index in [1.165, 1.54) is 18.2 Å². The molecule has 1 heterocycles. The van der Waals surface area contributed by atoms with Crippen LogP contribution in [-0.2, 0) is 28.5 Å². The van der Waals surface area contributed by atoms with E-state index in [1.807, 2.05) is 13.8 Å². The largest absolute Gasteiger partial charge is 0.460 e. The Kier molecular flexibility index (Phi) is 11.4. The van der Waals surface area contributed by atoms with E-state index in [0.29, 0.717) is 30.2 Å². The normalized spacial score (nSPS) is 14.1. The van der Waals surface area contributed by atoms with Crippen molar-refractivity contribution in [3.8, 4) is 0 Å². The highest BCUT2D eigenvalue weighted by molar-refractivity contribution is 6.00. The van der Waals surface area contributed by atoms with Gasteiger partial charge in [0, 0.05) is 36.7 Å². The predicted octanol–water partition coefficient (Wildman–Crippen LogP) is 3.77. The lowest BCUT2D eigenvalue weighted by Crippen LogP contribution is -2.33. The van der Waals surface area contributed by atoms with Gasteiger partial charge in [-0.25, -0.2) is 9.59 Å². The zero-order valence-electron chi connectivity index (χ0n) is 20.8. The van der Waals surface area contributed by atoms with Crippen LogP contribution in [0.2, 0.25) is 0 Å². The number of nitrogens with zero attached hydrogens (tertiary/aromatic N) is 1. The summed E-state index contributed by atoms with van der Waals surface area (Å²) in [5.74, 6) is -2.20. The lowest BCUT2D eigenvalue weighted by atomic mass is 9.80. The number of benzene rings is 1. The van der Waals surface area contributed by atoms with Crippen LogP contribution in [0.25, 0.3) is 0 Å². The van der Waals surface area contributed by atoms with Crippen molar-refractivity contribution in [2.24, 2.45) is 0 Å². The van der Waals surface area contributed by atoms with E-state index >= 15 is 0 Å². The van der Waals surface area contributed by atoms with Crippen molar-refractivity contribution in [3.63, 3.8) is 0 Å². The van der Waals surface area contributed by atoms with E-state index in [-0.39, 0.29) is 43.3 Å². The molecule has 0 saturated carbocycles. The first-order chi connectivity index (χ1) is 16.8. The predicted molar refractivity (Wildman–Crippen MR) is 129 cm³/mol. The number of nitrogens with one attached hydrogen (secondary N) is 1. The van der Waals surface area contributed by atoms with Crippen LogP contribution < -0.4 is 5.32 Å². The van der Waals surface area contributed by atoms with E-state index in [2.05, 4.69) is 5.32 Å². The van der Waals surface area contributed by atoms with Gasteiger partial charge in [0.25, 0.3) is 5.69 Å². The summed E-state index contributed by atoms with van der Waals surface area (Å²) in [6.45, 7) is 8.99. The van der Waals surface area contributed by atoms with Crippen LogP contribution in [0.4, 0.5) is 5.69 Å². The Morgan fingerprint density at radius 3 is 1.86 bits per heavy atom. The fourth-order valence-electron chi connectivity index (χ4n) is 3.72. The van der Waals surface area contributed by atoms with Crippen molar-refractivity contribution in [2.75, 3.05) is 39.6 Å². The molecule has 1 aromatic rings. The van der Waals surface area contributed by atoms with E-state index in [4.69, 9.17) is 18.9 Å². The molecule has 0 aliphatic carbocycles. The number of non-ortho nitro benzene ring substituents is 1. The molecule has 0 amide bonds. The van der Waals surface area contributed by atoms with Gasteiger partial charge in [-0.2, -0.15) is 0 Å². The lowest BCUT2D eigenvalue weighted by molar-refractivity contribution is -0.384. The fraction of sp³-hybridized carbons (Fsp3) is 0.520. The number of rotatable bonds is 14. The van der Waals surface area contributed by atoms with Crippen LogP contribution in [0.1, 0.15) is 52.0 Å². The molecule has 0 fully saturated rings. The third-order valence-electron chi connectivity index (χ3n) is 5.23. The average molecular weight is 491 g/mol. The monoisotopic (exact) mass is 490 g/mol. The van der Waals surface area contributed by atoms with Crippen LogP contribution in [0.3, 0.4) is 0 Å². The number of esters is 2. The Labute approximate surface area is 205 Å². The first-order valence-corrected chi connectivity index (χ1v) is 11.7. The highest BCUT2D eigenvalue weighted by Gasteiger charge is 2.38. The number of carbonyl (C=O) groups is 2. The number of dihydropyridines is 1. The van der Waals surface area contributed by atoms with Crippen molar-refractivity contribution < 1.29 is 33.5 Å². The average Bonchev–Trinajstić information content (AvgIpc) is 2.83. The van der Waals surface area contributed by atoms with Crippen molar-refractivity contribution >= 4 is 17.6 Å². The fourth-order valence-corrected chi connectivity index (χ4v) is 3.72. The Bertz CT molecular complexity index is 922. The molecule has 10 heteroatoms. The summed E-state index contributed by atoms with van der Waals surface area (Å²) in [6.07, 6.45) is 1.69. The second-order valence-corrected chi connectivity index (χ2v) is 7.98. The molecule has 0 atom stereocenters. The van der Waals surface area contributed by atoms with E-state index in [0.717, 1.165) is 12.8 Å². The molecular formula is C25H34N2O8. The highest BCUT2D eigenvalue weighted by Crippen LogP contribution is 2.40. The number of hydrogen-bond donors (Lipinski definition) is 1. The molecular weight excluding hydrogens is 456 g/mol. The standard InChI is InChI=1S/C25H34N2O8/c1-5-10-32-12-14-34-24(28)21-17(3)26-18(4)22(25(29)35-15-13-33-11-6-2)23(21)19-8-7-9-20(16-19)27(30)31/h7-9,16,23,26H,5-6,10-15H2,1-4H3. The summed E-state index contributed by atoms with van der Waals surface area (Å²) < 4.78 is 21.6. The Morgan fingerprint density at radius 1 is 0.886 bits per heavy atom. The first-order valence-electron chi connectivity index (χ1n) is 11.7. The molecule has 0 aromatic heterocycles. The number of hydrogen-bond acceptors (Lipinski definition) is 9. The first kappa shape index (κ1) is 28.0. The van der Waals surface area contributed by atoms with Gasteiger partial charge < -0.3 is 24.3 Å². The molecule has 10 nitrogen and oxygen atoms in total. The molecule has 1 aromatic carbocycles. The summed E-state index contributed by atoms with van der Waals surface area (Å²) in [5, 5.41) is 14.5. The Morgan fingerprint density at radius 2 is 1.40 bits per heavy atom. The van der Waals surface area contributed by atoms with Crippen molar-refractivity contribution in [1.29, 1.82) is 0 Å². The summed E-state index contributed by atoms with van der Waals surface area (Å²) in [7, 11) is 0. The van der Waals surface area contributed by atoms with Gasteiger partial charge in [0.2, 0.25) is 0 Å². The number of nitro benzene ring substituents is 1. The minimum Gasteiger partial charge on any atom is -0.460 e. The maximum Gasteiger partial charge on any atom is 0.336 e. The van der Waals surface area contributed by atoms with Crippen LogP contribution >= 0.6 is 0 Å². The summed E-state index contributed by atoms with van der Waals surface area (Å²) in [4.78, 5) is 37.2. The minimum atomic E-state index is -0.913. The van der Waals surface area contributed by atoms with Crippen molar-refractivity contribution in [2.45, 2.75) is 46.5 Å². The van der Waals surface area contributed by atoms with Crippen LogP contribution in [0.15, 0.2) is 46.8 Å². The molecule has 0 unspecified atom stereocenters. The van der Waals surface area contributed by atoms with Gasteiger partial charge in [0.1, 0.15) is 13.2 Å². The molecule has 1 aliphatic rings. The lowest BCUT2D eigenvalue weighted by Gasteiger charge is -2.30. The summed E-state index contributed by atoms with van der Waals surface area (Å²) in [6, 6.07) is 5.86. The summed E-state index contributed by atoms with van der Waals surface area (Å²) in [5.41, 5.74) is 1.59. The molecule has 0 saturated heterocycles. The van der Waals surface area contributed by atoms with Gasteiger partial charge in [-0.3, -0.25) is 10.1 Å². The topological polar surface area (TPSA) is 126 Å². The zero-order chi connectivity index (χ0) is 25.8. The zero-order valence-corrected chi connectivity index (χ0v) is 20.8. The molecule has 0 bridgehead atoms. The molecule has 0 radical (unpaired) electrons. The van der Waals surface area contributed by atoms with Crippen molar-refractivity contribution in [1.82, 2.24) is 5.32 Å². The van der Waals surface area contributed by atoms with Gasteiger partial charge >= 0.3 is 11.9 Å². The van der Waals surface area contributed by atoms with Gasteiger partial charge in [0.15, 0.2) is 0 Å². The van der Waals surface area contributed by atoms with Crippen LogP contribution in [0, 0.1) is 10.1 Å². The number of nitro groups is 1. The third-order valence-corrected chi connectivity index (χ3v) is 5.23. The molecule has 2 rings (SSSR count). The van der Waals surface area contributed by atoms with E-state index in [9.17, 15) is 19.7 Å². The van der Waals surface area contributed by atoms with Gasteiger partial charge in [0.05, 0.1) is 35.2 Å². The maximum atomic E-state index is 13.1. The highest BCUT2D eigenvalue weighted by atomic mass is 16.6. The van der Waals surface area contributed by atoms with Crippen LogP contribution in [0.5, 0.6) is 0 Å². The Hall–Kier alpha value is -3.24. The smallest absolute Gasteiger partial charge is 0.336 e. The van der Waals surface area contributed by atoms with E-state index < -0.39 is 22.8 Å².